The number of rotatable bonds is 6. The van der Waals surface area contributed by atoms with E-state index in [1.54, 1.807) is 30.7 Å². The number of hydrogen-bond donors (Lipinski definition) is 2. The van der Waals surface area contributed by atoms with Gasteiger partial charge in [-0.1, -0.05) is 42.5 Å². The first-order valence-corrected chi connectivity index (χ1v) is 7.64. The van der Waals surface area contributed by atoms with Crippen molar-refractivity contribution in [2.45, 2.75) is 6.54 Å². The molecule has 0 bridgehead atoms. The second kappa shape index (κ2) is 7.46. The van der Waals surface area contributed by atoms with E-state index in [9.17, 15) is 9.90 Å². The highest BCUT2D eigenvalue weighted by atomic mass is 16.6. The van der Waals surface area contributed by atoms with Crippen LogP contribution in [0.1, 0.15) is 21.5 Å². The van der Waals surface area contributed by atoms with Gasteiger partial charge in [0.15, 0.2) is 5.76 Å². The third-order valence-electron chi connectivity index (χ3n) is 3.79. The topological polar surface area (TPSA) is 90.4 Å². The van der Waals surface area contributed by atoms with Crippen LogP contribution in [0.4, 0.5) is 0 Å². The summed E-state index contributed by atoms with van der Waals surface area (Å²) in [6, 6.07) is 16.2. The van der Waals surface area contributed by atoms with Crippen LogP contribution in [0, 0.1) is 0 Å². The van der Waals surface area contributed by atoms with Crippen molar-refractivity contribution in [3.63, 3.8) is 0 Å². The molecule has 0 fully saturated rings. The summed E-state index contributed by atoms with van der Waals surface area (Å²) in [5.74, 6) is 4.98. The van der Waals surface area contributed by atoms with Crippen molar-refractivity contribution < 1.29 is 14.7 Å². The molecule has 0 amide bonds. The number of benzene rings is 2. The number of imidazole rings is 1. The van der Waals surface area contributed by atoms with Gasteiger partial charge in [-0.2, -0.15) is 5.90 Å². The molecule has 0 atom stereocenters. The molecule has 6 heteroatoms. The van der Waals surface area contributed by atoms with Gasteiger partial charge in [0, 0.05) is 23.5 Å². The van der Waals surface area contributed by atoms with Crippen LogP contribution < -0.4 is 5.90 Å². The van der Waals surface area contributed by atoms with Crippen molar-refractivity contribution in [1.82, 2.24) is 9.55 Å². The number of nitrogens with two attached hydrogens (primary N) is 1. The standard InChI is InChI=1S/C19H17N3O3/c20-25-18(15-7-4-8-16(11-15)19(23)24)17(12-22-10-9-21-13-22)14-5-2-1-3-6-14/h1-11,13H,12,20H2,(H,23,24)/b18-17+. The largest absolute Gasteiger partial charge is 0.478 e. The molecule has 0 saturated carbocycles. The van der Waals surface area contributed by atoms with Crippen molar-refractivity contribution in [1.29, 1.82) is 0 Å². The highest BCUT2D eigenvalue weighted by molar-refractivity contribution is 5.92. The molecule has 126 valence electrons. The predicted octanol–water partition coefficient (Wildman–Crippen LogP) is 3.04. The van der Waals surface area contributed by atoms with Crippen LogP contribution in [0.15, 0.2) is 73.3 Å². The fourth-order valence-electron chi connectivity index (χ4n) is 2.60. The maximum absolute atomic E-state index is 11.3. The van der Waals surface area contributed by atoms with Gasteiger partial charge in [-0.25, -0.2) is 9.78 Å². The summed E-state index contributed by atoms with van der Waals surface area (Å²) in [5.41, 5.74) is 2.52. The SMILES string of the molecule is NO/C(=C(\Cn1ccnc1)c1ccccc1)c1cccc(C(=O)O)c1. The van der Waals surface area contributed by atoms with E-state index in [4.69, 9.17) is 10.7 Å². The van der Waals surface area contributed by atoms with Gasteiger partial charge in [0.05, 0.1) is 18.4 Å². The lowest BCUT2D eigenvalue weighted by molar-refractivity contribution is 0.0697. The highest BCUT2D eigenvalue weighted by Gasteiger charge is 2.15. The monoisotopic (exact) mass is 335 g/mol. The predicted molar refractivity (Wildman–Crippen MR) is 94.2 cm³/mol. The molecule has 0 aliphatic rings. The zero-order chi connectivity index (χ0) is 17.6. The van der Waals surface area contributed by atoms with E-state index in [0.717, 1.165) is 11.1 Å². The first-order valence-electron chi connectivity index (χ1n) is 7.64. The number of allylic oxidation sites excluding steroid dienone is 1. The number of carboxylic acids is 1. The van der Waals surface area contributed by atoms with Crippen molar-refractivity contribution in [2.24, 2.45) is 5.90 Å². The van der Waals surface area contributed by atoms with E-state index in [-0.39, 0.29) is 5.56 Å². The minimum Gasteiger partial charge on any atom is -0.478 e. The van der Waals surface area contributed by atoms with Gasteiger partial charge >= 0.3 is 5.97 Å². The van der Waals surface area contributed by atoms with Gasteiger partial charge in [-0.15, -0.1) is 0 Å². The molecule has 1 aromatic heterocycles. The Labute approximate surface area is 144 Å². The van der Waals surface area contributed by atoms with Crippen LogP contribution in [0.3, 0.4) is 0 Å². The van der Waals surface area contributed by atoms with Crippen LogP contribution >= 0.6 is 0 Å². The Morgan fingerprint density at radius 3 is 2.44 bits per heavy atom. The van der Waals surface area contributed by atoms with E-state index in [0.29, 0.717) is 17.9 Å². The van der Waals surface area contributed by atoms with E-state index >= 15 is 0 Å². The number of nitrogens with zero attached hydrogens (tertiary/aromatic N) is 2. The van der Waals surface area contributed by atoms with Gasteiger partial charge in [-0.3, -0.25) is 0 Å². The Bertz CT molecular complexity index is 887. The summed E-state index contributed by atoms with van der Waals surface area (Å²) in [6.07, 6.45) is 5.23. The van der Waals surface area contributed by atoms with E-state index in [1.807, 2.05) is 41.1 Å². The average molecular weight is 335 g/mol. The Kier molecular flexibility index (Phi) is 4.92. The molecule has 0 spiro atoms. The lowest BCUT2D eigenvalue weighted by Crippen LogP contribution is -2.08. The summed E-state index contributed by atoms with van der Waals surface area (Å²) < 4.78 is 1.89. The van der Waals surface area contributed by atoms with Gasteiger partial charge in [-0.05, 0) is 17.7 Å². The van der Waals surface area contributed by atoms with Crippen LogP contribution in [-0.4, -0.2) is 20.6 Å². The molecule has 1 heterocycles. The lowest BCUT2D eigenvalue weighted by Gasteiger charge is -2.15. The summed E-state index contributed by atoms with van der Waals surface area (Å²) in [5, 5.41) is 9.23. The summed E-state index contributed by atoms with van der Waals surface area (Å²) in [7, 11) is 0. The summed E-state index contributed by atoms with van der Waals surface area (Å²) in [6.45, 7) is 0.480. The summed E-state index contributed by atoms with van der Waals surface area (Å²) >= 11 is 0. The maximum Gasteiger partial charge on any atom is 0.335 e. The van der Waals surface area contributed by atoms with Crippen molar-refractivity contribution in [3.8, 4) is 0 Å². The minimum absolute atomic E-state index is 0.169. The van der Waals surface area contributed by atoms with Crippen LogP contribution in [-0.2, 0) is 11.4 Å². The molecule has 25 heavy (non-hydrogen) atoms. The van der Waals surface area contributed by atoms with Crippen molar-refractivity contribution in [2.75, 3.05) is 0 Å². The zero-order valence-corrected chi connectivity index (χ0v) is 13.4. The molecular formula is C19H17N3O3. The number of aromatic carboxylic acids is 1. The molecular weight excluding hydrogens is 318 g/mol. The zero-order valence-electron chi connectivity index (χ0n) is 13.4. The average Bonchev–Trinajstić information content (AvgIpc) is 3.16. The van der Waals surface area contributed by atoms with Crippen LogP contribution in [0.25, 0.3) is 11.3 Å². The molecule has 0 saturated heterocycles. The quantitative estimate of drug-likeness (QED) is 0.410. The number of aromatic nitrogens is 2. The molecule has 0 aliphatic heterocycles. The van der Waals surface area contributed by atoms with Crippen LogP contribution in [0.2, 0.25) is 0 Å². The van der Waals surface area contributed by atoms with Crippen molar-refractivity contribution in [3.05, 3.63) is 90.0 Å². The molecule has 2 aromatic carbocycles. The molecule has 0 aliphatic carbocycles. The first-order chi connectivity index (χ1) is 12.2. The first kappa shape index (κ1) is 16.5. The smallest absolute Gasteiger partial charge is 0.335 e. The van der Waals surface area contributed by atoms with Crippen LogP contribution in [0.5, 0.6) is 0 Å². The third kappa shape index (κ3) is 3.76. The Balaban J connectivity index is 2.15. The fraction of sp³-hybridized carbons (Fsp3) is 0.0526. The van der Waals surface area contributed by atoms with Gasteiger partial charge in [0.25, 0.3) is 0 Å². The number of hydrogen-bond acceptors (Lipinski definition) is 4. The Morgan fingerprint density at radius 2 is 1.80 bits per heavy atom. The molecule has 6 nitrogen and oxygen atoms in total. The molecule has 3 aromatic rings. The second-order valence-corrected chi connectivity index (χ2v) is 5.41. The fourth-order valence-corrected chi connectivity index (χ4v) is 2.60. The highest BCUT2D eigenvalue weighted by Crippen LogP contribution is 2.28. The number of carbonyl (C=O) groups is 1. The number of carboxylic acid groups (broad SMARTS) is 1. The molecule has 0 radical (unpaired) electrons. The molecule has 0 unspecified atom stereocenters. The lowest BCUT2D eigenvalue weighted by atomic mass is 9.99. The third-order valence-corrected chi connectivity index (χ3v) is 3.79. The Morgan fingerprint density at radius 1 is 1.08 bits per heavy atom. The normalized spacial score (nSPS) is 11.7. The van der Waals surface area contributed by atoms with E-state index in [2.05, 4.69) is 4.98 Å². The molecule has 3 N–H and O–H groups in total. The van der Waals surface area contributed by atoms with Gasteiger partial charge < -0.3 is 14.5 Å². The van der Waals surface area contributed by atoms with Gasteiger partial charge in [0.2, 0.25) is 0 Å². The maximum atomic E-state index is 11.3. The van der Waals surface area contributed by atoms with Crippen molar-refractivity contribution >= 4 is 17.3 Å². The van der Waals surface area contributed by atoms with E-state index < -0.39 is 5.97 Å². The van der Waals surface area contributed by atoms with E-state index in [1.165, 1.54) is 6.07 Å². The Hall–Kier alpha value is -3.38. The van der Waals surface area contributed by atoms with Gasteiger partial charge in [0.1, 0.15) is 0 Å². The second-order valence-electron chi connectivity index (χ2n) is 5.41. The summed E-state index contributed by atoms with van der Waals surface area (Å²) in [4.78, 5) is 20.5. The minimum atomic E-state index is -1.01. The molecule has 3 rings (SSSR count).